The highest BCUT2D eigenvalue weighted by molar-refractivity contribution is 9.09. The van der Waals surface area contributed by atoms with E-state index in [2.05, 4.69) is 29.8 Å². The van der Waals surface area contributed by atoms with Crippen LogP contribution in [-0.4, -0.2) is 15.9 Å². The topological polar surface area (TPSA) is 52.4 Å². The summed E-state index contributed by atoms with van der Waals surface area (Å²) >= 11 is 3.72. The molecule has 2 atom stereocenters. The Morgan fingerprint density at radius 3 is 2.37 bits per heavy atom. The predicted molar refractivity (Wildman–Crippen MR) is 77.9 cm³/mol. The fourth-order valence-corrected chi connectivity index (χ4v) is 4.10. The molecule has 0 aromatic heterocycles. The molecule has 0 spiro atoms. The van der Waals surface area contributed by atoms with Gasteiger partial charge in [0.2, 0.25) is 0 Å². The van der Waals surface area contributed by atoms with Crippen LogP contribution in [0.2, 0.25) is 0 Å². The number of hydrogen-bond acceptors (Lipinski definition) is 3. The smallest absolute Gasteiger partial charge is 0.269 e. The van der Waals surface area contributed by atoms with Crippen LogP contribution >= 0.6 is 15.9 Å². The summed E-state index contributed by atoms with van der Waals surface area (Å²) in [5.41, 5.74) is 0.276. The first kappa shape index (κ1) is 14.3. The quantitative estimate of drug-likeness (QED) is 0.460. The zero-order valence-corrected chi connectivity index (χ0v) is 12.7. The van der Waals surface area contributed by atoms with E-state index in [0.29, 0.717) is 10.6 Å². The second kappa shape index (κ2) is 5.49. The van der Waals surface area contributed by atoms with Crippen LogP contribution in [0.25, 0.3) is 0 Å². The largest absolute Gasteiger partial charge is 0.490 e. The van der Waals surface area contributed by atoms with Crippen molar-refractivity contribution in [1.82, 2.24) is 0 Å². The normalized spacial score (nSPS) is 24.6. The monoisotopic (exact) mass is 327 g/mol. The Balaban J connectivity index is 2.07. The molecule has 1 aromatic carbocycles. The molecule has 4 nitrogen and oxygen atoms in total. The highest BCUT2D eigenvalue weighted by Crippen LogP contribution is 2.52. The average molecular weight is 328 g/mol. The lowest BCUT2D eigenvalue weighted by Crippen LogP contribution is -2.56. The Morgan fingerprint density at radius 1 is 1.37 bits per heavy atom. The van der Waals surface area contributed by atoms with Gasteiger partial charge in [-0.05, 0) is 31.4 Å². The molecule has 1 aliphatic rings. The van der Waals surface area contributed by atoms with Gasteiger partial charge in [-0.25, -0.2) is 0 Å². The van der Waals surface area contributed by atoms with E-state index in [1.54, 1.807) is 12.1 Å². The number of ether oxygens (including phenoxy) is 1. The van der Waals surface area contributed by atoms with Gasteiger partial charge in [0.15, 0.2) is 0 Å². The Morgan fingerprint density at radius 2 is 1.95 bits per heavy atom. The average Bonchev–Trinajstić information content (AvgIpc) is 2.40. The van der Waals surface area contributed by atoms with Gasteiger partial charge in [0.25, 0.3) is 5.69 Å². The molecule has 104 valence electrons. The van der Waals surface area contributed by atoms with E-state index in [1.165, 1.54) is 12.1 Å². The van der Waals surface area contributed by atoms with Gasteiger partial charge in [0.1, 0.15) is 11.9 Å². The van der Waals surface area contributed by atoms with Gasteiger partial charge in [-0.2, -0.15) is 0 Å². The molecule has 0 saturated heterocycles. The number of non-ortho nitro benzene ring substituents is 1. The van der Waals surface area contributed by atoms with E-state index in [-0.39, 0.29) is 17.2 Å². The molecule has 1 fully saturated rings. The van der Waals surface area contributed by atoms with E-state index in [0.717, 1.165) is 19.3 Å². The maximum atomic E-state index is 10.6. The summed E-state index contributed by atoms with van der Waals surface area (Å²) in [5, 5.41) is 10.6. The summed E-state index contributed by atoms with van der Waals surface area (Å²) in [6, 6.07) is 6.32. The first-order valence-corrected chi connectivity index (χ1v) is 7.50. The lowest BCUT2D eigenvalue weighted by Gasteiger charge is -2.52. The Hall–Kier alpha value is -1.10. The summed E-state index contributed by atoms with van der Waals surface area (Å²) in [6.07, 6.45) is 3.31. The Kier molecular flexibility index (Phi) is 4.13. The predicted octanol–water partition coefficient (Wildman–Crippen LogP) is 4.32. The van der Waals surface area contributed by atoms with Crippen molar-refractivity contribution >= 4 is 21.6 Å². The SMILES string of the molecule is CCC1(CC)C(Br)CC1Oc1ccc([N+](=O)[O-])cc1. The van der Waals surface area contributed by atoms with Gasteiger partial charge in [-0.15, -0.1) is 0 Å². The third kappa shape index (κ3) is 2.48. The van der Waals surface area contributed by atoms with E-state index in [9.17, 15) is 10.1 Å². The highest BCUT2D eigenvalue weighted by atomic mass is 79.9. The number of alkyl halides is 1. The Bertz CT molecular complexity index is 456. The van der Waals surface area contributed by atoms with Crippen LogP contribution in [0.3, 0.4) is 0 Å². The van der Waals surface area contributed by atoms with Crippen molar-refractivity contribution in [1.29, 1.82) is 0 Å². The highest BCUT2D eigenvalue weighted by Gasteiger charge is 2.53. The number of hydrogen-bond donors (Lipinski definition) is 0. The van der Waals surface area contributed by atoms with Gasteiger partial charge >= 0.3 is 0 Å². The minimum Gasteiger partial charge on any atom is -0.490 e. The van der Waals surface area contributed by atoms with Crippen LogP contribution in [0.5, 0.6) is 5.75 Å². The molecule has 0 heterocycles. The summed E-state index contributed by atoms with van der Waals surface area (Å²) in [6.45, 7) is 4.37. The maximum Gasteiger partial charge on any atom is 0.269 e. The fourth-order valence-electron chi connectivity index (χ4n) is 2.82. The molecular formula is C14H18BrNO3. The van der Waals surface area contributed by atoms with Crippen molar-refractivity contribution in [2.45, 2.75) is 44.0 Å². The van der Waals surface area contributed by atoms with Crippen LogP contribution < -0.4 is 4.74 Å². The van der Waals surface area contributed by atoms with Crippen molar-refractivity contribution in [2.75, 3.05) is 0 Å². The van der Waals surface area contributed by atoms with E-state index in [1.807, 2.05) is 0 Å². The molecule has 1 aromatic rings. The molecule has 5 heteroatoms. The van der Waals surface area contributed by atoms with Gasteiger partial charge in [-0.3, -0.25) is 10.1 Å². The van der Waals surface area contributed by atoms with Gasteiger partial charge in [0.05, 0.1) is 4.92 Å². The summed E-state index contributed by atoms with van der Waals surface area (Å²) in [5.74, 6) is 0.710. The standard InChI is InChI=1S/C14H18BrNO3/c1-3-14(4-2)12(15)9-13(14)19-11-7-5-10(6-8-11)16(17)18/h5-8,12-13H,3-4,9H2,1-2H3. The first-order valence-electron chi connectivity index (χ1n) is 6.58. The second-order valence-corrected chi connectivity index (χ2v) is 6.11. The molecule has 1 aliphatic carbocycles. The van der Waals surface area contributed by atoms with Crippen LogP contribution in [-0.2, 0) is 0 Å². The maximum absolute atomic E-state index is 10.6. The first-order chi connectivity index (χ1) is 9.03. The fraction of sp³-hybridized carbons (Fsp3) is 0.571. The zero-order chi connectivity index (χ0) is 14.0. The van der Waals surface area contributed by atoms with E-state index < -0.39 is 4.92 Å². The number of benzene rings is 1. The number of nitro groups is 1. The number of rotatable bonds is 5. The lowest BCUT2D eigenvalue weighted by molar-refractivity contribution is -0.384. The van der Waals surface area contributed by atoms with Crippen molar-refractivity contribution in [3.63, 3.8) is 0 Å². The molecular weight excluding hydrogens is 310 g/mol. The van der Waals surface area contributed by atoms with E-state index >= 15 is 0 Å². The number of nitrogens with zero attached hydrogens (tertiary/aromatic N) is 1. The molecule has 19 heavy (non-hydrogen) atoms. The molecule has 0 aliphatic heterocycles. The van der Waals surface area contributed by atoms with E-state index in [4.69, 9.17) is 4.74 Å². The van der Waals surface area contributed by atoms with Crippen molar-refractivity contribution in [2.24, 2.45) is 5.41 Å². The van der Waals surface area contributed by atoms with Gasteiger partial charge in [-0.1, -0.05) is 29.8 Å². The van der Waals surface area contributed by atoms with Gasteiger partial charge in [0, 0.05) is 22.4 Å². The summed E-state index contributed by atoms with van der Waals surface area (Å²) in [7, 11) is 0. The van der Waals surface area contributed by atoms with Gasteiger partial charge < -0.3 is 4.74 Å². The van der Waals surface area contributed by atoms with Crippen LogP contribution in [0.4, 0.5) is 5.69 Å². The van der Waals surface area contributed by atoms with Crippen LogP contribution in [0.15, 0.2) is 24.3 Å². The number of nitro benzene ring substituents is 1. The molecule has 0 bridgehead atoms. The zero-order valence-electron chi connectivity index (χ0n) is 11.1. The molecule has 1 saturated carbocycles. The van der Waals surface area contributed by atoms with Crippen molar-refractivity contribution in [3.8, 4) is 5.75 Å². The van der Waals surface area contributed by atoms with Crippen molar-refractivity contribution < 1.29 is 9.66 Å². The Labute approximate surface area is 121 Å². The number of halogens is 1. The van der Waals surface area contributed by atoms with Crippen LogP contribution in [0, 0.1) is 15.5 Å². The molecule has 0 N–H and O–H groups in total. The van der Waals surface area contributed by atoms with Crippen LogP contribution in [0.1, 0.15) is 33.1 Å². The molecule has 2 rings (SSSR count). The molecule has 0 amide bonds. The van der Waals surface area contributed by atoms with Crippen molar-refractivity contribution in [3.05, 3.63) is 34.4 Å². The lowest BCUT2D eigenvalue weighted by atomic mass is 9.62. The minimum absolute atomic E-state index is 0.0940. The molecule has 2 unspecified atom stereocenters. The second-order valence-electron chi connectivity index (χ2n) is 5.00. The minimum atomic E-state index is -0.399. The summed E-state index contributed by atoms with van der Waals surface area (Å²) in [4.78, 5) is 10.7. The third-order valence-electron chi connectivity index (χ3n) is 4.33. The molecule has 0 radical (unpaired) electrons. The summed E-state index contributed by atoms with van der Waals surface area (Å²) < 4.78 is 6.00. The third-order valence-corrected chi connectivity index (χ3v) is 5.61.